The number of hydrogen-bond acceptors (Lipinski definition) is 3. The number of aryl methyl sites for hydroxylation is 1. The summed E-state index contributed by atoms with van der Waals surface area (Å²) in [7, 11) is 1.50. The Labute approximate surface area is 130 Å². The fourth-order valence-electron chi connectivity index (χ4n) is 2.09. The molecule has 0 aliphatic rings. The number of nitrogens with one attached hydrogen (secondary N) is 2. The summed E-state index contributed by atoms with van der Waals surface area (Å²) in [5, 5.41) is 15.6. The lowest BCUT2D eigenvalue weighted by Gasteiger charge is -2.17. The van der Waals surface area contributed by atoms with E-state index in [9.17, 15) is 9.90 Å². The molecule has 0 unspecified atom stereocenters. The van der Waals surface area contributed by atoms with E-state index in [1.807, 2.05) is 26.0 Å². The predicted octanol–water partition coefficient (Wildman–Crippen LogP) is 2.59. The Morgan fingerprint density at radius 3 is 2.67 bits per heavy atom. The summed E-state index contributed by atoms with van der Waals surface area (Å²) in [5.41, 5.74) is 2.71. The molecule has 0 bridgehead atoms. The van der Waals surface area contributed by atoms with Crippen molar-refractivity contribution in [2.24, 2.45) is 0 Å². The van der Waals surface area contributed by atoms with Crippen LogP contribution < -0.4 is 10.6 Å². The standard InChI is InChI=1S/C15H23ClN2O3/c1-4-10-6-7-13(16)12(5-2)14(10)18-15(20)17-8-11(19)9-21-3/h6-7,11,19H,4-5,8-9H2,1-3H3,(H2,17,18,20)/t11-/m1/s1. The number of aliphatic hydroxyl groups excluding tert-OH is 1. The molecule has 0 aliphatic heterocycles. The zero-order valence-electron chi connectivity index (χ0n) is 12.7. The van der Waals surface area contributed by atoms with Crippen LogP contribution in [0, 0.1) is 0 Å². The average Bonchev–Trinajstić information content (AvgIpc) is 2.46. The monoisotopic (exact) mass is 314 g/mol. The molecule has 0 aliphatic carbocycles. The fourth-order valence-corrected chi connectivity index (χ4v) is 2.38. The van der Waals surface area contributed by atoms with Gasteiger partial charge in [0.2, 0.25) is 0 Å². The summed E-state index contributed by atoms with van der Waals surface area (Å²) in [5.74, 6) is 0. The molecule has 118 valence electrons. The van der Waals surface area contributed by atoms with Crippen LogP contribution >= 0.6 is 11.6 Å². The van der Waals surface area contributed by atoms with Crippen molar-refractivity contribution in [1.29, 1.82) is 0 Å². The molecule has 3 N–H and O–H groups in total. The van der Waals surface area contributed by atoms with E-state index in [2.05, 4.69) is 10.6 Å². The molecule has 5 nitrogen and oxygen atoms in total. The first kappa shape index (κ1) is 17.8. The van der Waals surface area contributed by atoms with Crippen molar-refractivity contribution < 1.29 is 14.6 Å². The molecule has 0 radical (unpaired) electrons. The van der Waals surface area contributed by atoms with Crippen molar-refractivity contribution in [2.75, 3.05) is 25.6 Å². The van der Waals surface area contributed by atoms with Gasteiger partial charge in [-0.3, -0.25) is 0 Å². The van der Waals surface area contributed by atoms with E-state index in [-0.39, 0.29) is 19.2 Å². The Bertz CT molecular complexity index is 480. The number of amides is 2. The van der Waals surface area contributed by atoms with Crippen LogP contribution in [0.3, 0.4) is 0 Å². The smallest absolute Gasteiger partial charge is 0.319 e. The first-order valence-electron chi connectivity index (χ1n) is 7.05. The topological polar surface area (TPSA) is 70.6 Å². The number of carbonyl (C=O) groups is 1. The van der Waals surface area contributed by atoms with Gasteiger partial charge < -0.3 is 20.5 Å². The number of hydrogen-bond donors (Lipinski definition) is 3. The van der Waals surface area contributed by atoms with Crippen LogP contribution in [0.2, 0.25) is 5.02 Å². The normalized spacial score (nSPS) is 12.0. The summed E-state index contributed by atoms with van der Waals surface area (Å²) in [4.78, 5) is 12.0. The minimum Gasteiger partial charge on any atom is -0.389 e. The van der Waals surface area contributed by atoms with Gasteiger partial charge in [-0.15, -0.1) is 0 Å². The number of ether oxygens (including phenoxy) is 1. The number of aliphatic hydroxyl groups is 1. The van der Waals surface area contributed by atoms with E-state index in [1.54, 1.807) is 0 Å². The van der Waals surface area contributed by atoms with Crippen molar-refractivity contribution in [3.63, 3.8) is 0 Å². The molecule has 6 heteroatoms. The van der Waals surface area contributed by atoms with Gasteiger partial charge in [-0.25, -0.2) is 4.79 Å². The highest BCUT2D eigenvalue weighted by molar-refractivity contribution is 6.31. The van der Waals surface area contributed by atoms with Crippen molar-refractivity contribution in [1.82, 2.24) is 5.32 Å². The van der Waals surface area contributed by atoms with E-state index in [4.69, 9.17) is 16.3 Å². The van der Waals surface area contributed by atoms with E-state index in [0.29, 0.717) is 5.02 Å². The number of carbonyl (C=O) groups excluding carboxylic acids is 1. The first-order valence-corrected chi connectivity index (χ1v) is 7.43. The molecule has 1 atom stereocenters. The Morgan fingerprint density at radius 1 is 1.38 bits per heavy atom. The first-order chi connectivity index (χ1) is 10.0. The number of halogens is 1. The summed E-state index contributed by atoms with van der Waals surface area (Å²) in [6.07, 6.45) is 0.803. The summed E-state index contributed by atoms with van der Waals surface area (Å²) >= 11 is 6.18. The van der Waals surface area contributed by atoms with Crippen molar-refractivity contribution >= 4 is 23.3 Å². The molecule has 0 heterocycles. The maximum atomic E-state index is 12.0. The molecule has 0 spiro atoms. The SMILES string of the molecule is CCc1ccc(Cl)c(CC)c1NC(=O)NC[C@@H](O)COC. The third-order valence-electron chi connectivity index (χ3n) is 3.17. The van der Waals surface area contributed by atoms with Crippen LogP contribution in [-0.4, -0.2) is 37.5 Å². The minimum atomic E-state index is -0.726. The van der Waals surface area contributed by atoms with E-state index in [1.165, 1.54) is 7.11 Å². The molecule has 2 amide bonds. The number of rotatable bonds is 7. The fraction of sp³-hybridized carbons (Fsp3) is 0.533. The second-order valence-electron chi connectivity index (χ2n) is 4.71. The van der Waals surface area contributed by atoms with Crippen LogP contribution in [0.4, 0.5) is 10.5 Å². The van der Waals surface area contributed by atoms with Gasteiger partial charge in [0.15, 0.2) is 0 Å². The lowest BCUT2D eigenvalue weighted by molar-refractivity contribution is 0.0663. The van der Waals surface area contributed by atoms with Crippen molar-refractivity contribution in [3.8, 4) is 0 Å². The van der Waals surface area contributed by atoms with E-state index >= 15 is 0 Å². The minimum absolute atomic E-state index is 0.128. The molecule has 1 aromatic rings. The van der Waals surface area contributed by atoms with Crippen molar-refractivity contribution in [3.05, 3.63) is 28.3 Å². The molecule has 0 saturated carbocycles. The maximum Gasteiger partial charge on any atom is 0.319 e. The third-order valence-corrected chi connectivity index (χ3v) is 3.53. The molecular formula is C15H23ClN2O3. The van der Waals surface area contributed by atoms with Crippen LogP contribution in [0.25, 0.3) is 0 Å². The molecule has 1 aromatic carbocycles. The Balaban J connectivity index is 2.77. The maximum absolute atomic E-state index is 12.0. The van der Waals surface area contributed by atoms with Crippen LogP contribution in [0.1, 0.15) is 25.0 Å². The highest BCUT2D eigenvalue weighted by atomic mass is 35.5. The zero-order chi connectivity index (χ0) is 15.8. The largest absolute Gasteiger partial charge is 0.389 e. The van der Waals surface area contributed by atoms with Crippen LogP contribution in [0.5, 0.6) is 0 Å². The Morgan fingerprint density at radius 2 is 2.10 bits per heavy atom. The van der Waals surface area contributed by atoms with Gasteiger partial charge in [-0.2, -0.15) is 0 Å². The molecule has 21 heavy (non-hydrogen) atoms. The van der Waals surface area contributed by atoms with E-state index < -0.39 is 6.10 Å². The zero-order valence-corrected chi connectivity index (χ0v) is 13.5. The third kappa shape index (κ3) is 5.19. The molecular weight excluding hydrogens is 292 g/mol. The number of urea groups is 1. The van der Waals surface area contributed by atoms with Gasteiger partial charge in [0.1, 0.15) is 0 Å². The van der Waals surface area contributed by atoms with E-state index in [0.717, 1.165) is 29.7 Å². The van der Waals surface area contributed by atoms with Gasteiger partial charge >= 0.3 is 6.03 Å². The Kier molecular flexibility index (Phi) is 7.50. The lowest BCUT2D eigenvalue weighted by Crippen LogP contribution is -2.37. The van der Waals surface area contributed by atoms with Crippen LogP contribution in [0.15, 0.2) is 12.1 Å². The Hall–Kier alpha value is -1.30. The quantitative estimate of drug-likeness (QED) is 0.724. The van der Waals surface area contributed by atoms with Crippen LogP contribution in [-0.2, 0) is 17.6 Å². The highest BCUT2D eigenvalue weighted by Gasteiger charge is 2.13. The predicted molar refractivity (Wildman–Crippen MR) is 85.1 cm³/mol. The summed E-state index contributed by atoms with van der Waals surface area (Å²) in [6, 6.07) is 3.40. The number of anilines is 1. The summed E-state index contributed by atoms with van der Waals surface area (Å²) < 4.78 is 4.80. The van der Waals surface area contributed by atoms with Gasteiger partial charge in [0.05, 0.1) is 18.4 Å². The van der Waals surface area contributed by atoms with Gasteiger partial charge in [-0.05, 0) is 30.0 Å². The van der Waals surface area contributed by atoms with Gasteiger partial charge in [-0.1, -0.05) is 31.5 Å². The van der Waals surface area contributed by atoms with Crippen molar-refractivity contribution in [2.45, 2.75) is 32.8 Å². The molecule has 0 fully saturated rings. The lowest BCUT2D eigenvalue weighted by atomic mass is 10.0. The molecule has 0 aromatic heterocycles. The number of benzene rings is 1. The second-order valence-corrected chi connectivity index (χ2v) is 5.12. The van der Waals surface area contributed by atoms with Gasteiger partial charge in [0, 0.05) is 18.7 Å². The molecule has 0 saturated heterocycles. The highest BCUT2D eigenvalue weighted by Crippen LogP contribution is 2.29. The molecule has 1 rings (SSSR count). The number of methoxy groups -OCH3 is 1. The van der Waals surface area contributed by atoms with Gasteiger partial charge in [0.25, 0.3) is 0 Å². The second kappa shape index (κ2) is 8.87. The average molecular weight is 315 g/mol. The summed E-state index contributed by atoms with van der Waals surface area (Å²) in [6.45, 7) is 4.32.